The smallest absolute Gasteiger partial charge is 0.306 e. The van der Waals surface area contributed by atoms with E-state index < -0.39 is 47.1 Å². The molecule has 0 saturated carbocycles. The molecule has 10 heteroatoms. The molecule has 0 amide bonds. The molecule has 31 heavy (non-hydrogen) atoms. The van der Waals surface area contributed by atoms with Crippen molar-refractivity contribution in [2.75, 3.05) is 7.11 Å². The fraction of sp³-hybridized carbons (Fsp3) is 0.286. The van der Waals surface area contributed by atoms with Gasteiger partial charge in [0.1, 0.15) is 5.75 Å². The number of hydrogen-bond donors (Lipinski definition) is 2. The van der Waals surface area contributed by atoms with Crippen molar-refractivity contribution in [3.63, 3.8) is 0 Å². The van der Waals surface area contributed by atoms with E-state index in [0.29, 0.717) is 24.2 Å². The molecule has 0 saturated heterocycles. The van der Waals surface area contributed by atoms with Gasteiger partial charge in [0.25, 0.3) is 5.56 Å². The summed E-state index contributed by atoms with van der Waals surface area (Å²) in [7, 11) is 1.11. The Morgan fingerprint density at radius 3 is 2.52 bits per heavy atom. The first-order valence-electron chi connectivity index (χ1n) is 9.34. The quantitative estimate of drug-likeness (QED) is 0.439. The van der Waals surface area contributed by atoms with E-state index in [1.807, 2.05) is 0 Å². The van der Waals surface area contributed by atoms with Gasteiger partial charge in [-0.25, -0.2) is 18.2 Å². The average Bonchev–Trinajstić information content (AvgIpc) is 3.23. The highest BCUT2D eigenvalue weighted by Crippen LogP contribution is 2.33. The standard InChI is InChI=1S/C21H20F3N3O4/c1-11-5-17(28)19(21(30)27(11)4-3-13-9-25-10-26-13)14(8-18(29)31-2)12-6-15(22)20(24)16(23)7-12/h5-7,9-10,14,28H,3-4,8H2,1-2H3,(H,25,26). The normalized spacial score (nSPS) is 12.0. The van der Waals surface area contributed by atoms with E-state index in [1.165, 1.54) is 17.0 Å². The number of aromatic amines is 1. The van der Waals surface area contributed by atoms with E-state index >= 15 is 0 Å². The Bertz CT molecular complexity index is 1140. The molecular weight excluding hydrogens is 415 g/mol. The molecule has 3 rings (SSSR count). The van der Waals surface area contributed by atoms with E-state index in [4.69, 9.17) is 0 Å². The van der Waals surface area contributed by atoms with Crippen LogP contribution in [0, 0.1) is 24.4 Å². The number of ether oxygens (including phenoxy) is 1. The fourth-order valence-corrected chi connectivity index (χ4v) is 3.44. The monoisotopic (exact) mass is 435 g/mol. The summed E-state index contributed by atoms with van der Waals surface area (Å²) in [6, 6.07) is 2.71. The van der Waals surface area contributed by atoms with Crippen LogP contribution >= 0.6 is 0 Å². The number of nitrogens with one attached hydrogen (secondary N) is 1. The maximum atomic E-state index is 13.9. The van der Waals surface area contributed by atoms with Crippen molar-refractivity contribution in [2.24, 2.45) is 0 Å². The van der Waals surface area contributed by atoms with Gasteiger partial charge in [0, 0.05) is 36.5 Å². The second-order valence-corrected chi connectivity index (χ2v) is 7.00. The van der Waals surface area contributed by atoms with Crippen LogP contribution in [0.2, 0.25) is 0 Å². The summed E-state index contributed by atoms with van der Waals surface area (Å²) >= 11 is 0. The highest BCUT2D eigenvalue weighted by molar-refractivity contribution is 5.71. The molecule has 0 aliphatic heterocycles. The summed E-state index contributed by atoms with van der Waals surface area (Å²) in [6.07, 6.45) is 3.03. The number of halogens is 3. The summed E-state index contributed by atoms with van der Waals surface area (Å²) in [5, 5.41) is 10.5. The van der Waals surface area contributed by atoms with Gasteiger partial charge in [-0.05, 0) is 30.7 Å². The molecule has 2 heterocycles. The van der Waals surface area contributed by atoms with Gasteiger partial charge in [0.15, 0.2) is 17.5 Å². The molecule has 0 aliphatic rings. The molecule has 0 radical (unpaired) electrons. The third kappa shape index (κ3) is 4.62. The lowest BCUT2D eigenvalue weighted by molar-refractivity contribution is -0.140. The van der Waals surface area contributed by atoms with E-state index in [9.17, 15) is 27.9 Å². The molecule has 7 nitrogen and oxygen atoms in total. The topological polar surface area (TPSA) is 97.2 Å². The lowest BCUT2D eigenvalue weighted by Crippen LogP contribution is -2.29. The van der Waals surface area contributed by atoms with Crippen molar-refractivity contribution in [3.05, 3.63) is 81.0 Å². The summed E-state index contributed by atoms with van der Waals surface area (Å²) in [6.45, 7) is 1.83. The van der Waals surface area contributed by atoms with Crippen molar-refractivity contribution in [1.29, 1.82) is 0 Å². The first-order valence-corrected chi connectivity index (χ1v) is 9.34. The molecule has 0 bridgehead atoms. The van der Waals surface area contributed by atoms with Crippen LogP contribution in [0.15, 0.2) is 35.5 Å². The Morgan fingerprint density at radius 2 is 1.94 bits per heavy atom. The average molecular weight is 435 g/mol. The molecule has 1 atom stereocenters. The minimum absolute atomic E-state index is 0.182. The number of rotatable bonds is 7. The lowest BCUT2D eigenvalue weighted by Gasteiger charge is -2.20. The number of aromatic hydroxyl groups is 1. The number of aryl methyl sites for hydroxylation is 2. The van der Waals surface area contributed by atoms with Gasteiger partial charge in [-0.2, -0.15) is 0 Å². The number of nitrogens with zero attached hydrogens (tertiary/aromatic N) is 2. The molecule has 1 aromatic carbocycles. The Labute approximate surface area is 175 Å². The van der Waals surface area contributed by atoms with Crippen molar-refractivity contribution >= 4 is 5.97 Å². The first-order chi connectivity index (χ1) is 14.7. The number of methoxy groups -OCH3 is 1. The third-order valence-corrected chi connectivity index (χ3v) is 5.04. The number of carbonyl (C=O) groups is 1. The predicted molar refractivity (Wildman–Crippen MR) is 104 cm³/mol. The minimum atomic E-state index is -1.68. The Balaban J connectivity index is 2.13. The number of imidazole rings is 1. The van der Waals surface area contributed by atoms with Gasteiger partial charge in [-0.1, -0.05) is 0 Å². The van der Waals surface area contributed by atoms with Crippen molar-refractivity contribution in [3.8, 4) is 5.75 Å². The van der Waals surface area contributed by atoms with Crippen LogP contribution in [0.4, 0.5) is 13.2 Å². The SMILES string of the molecule is COC(=O)CC(c1cc(F)c(F)c(F)c1)c1c(O)cc(C)n(CCc2cnc[nH]2)c1=O. The van der Waals surface area contributed by atoms with Crippen LogP contribution in [-0.4, -0.2) is 32.7 Å². The van der Waals surface area contributed by atoms with Crippen LogP contribution in [-0.2, 0) is 22.5 Å². The van der Waals surface area contributed by atoms with E-state index in [1.54, 1.807) is 13.1 Å². The van der Waals surface area contributed by atoms with Crippen LogP contribution in [0.3, 0.4) is 0 Å². The van der Waals surface area contributed by atoms with Crippen LogP contribution in [0.1, 0.15) is 34.9 Å². The Morgan fingerprint density at radius 1 is 1.26 bits per heavy atom. The number of hydrogen-bond acceptors (Lipinski definition) is 5. The number of carbonyl (C=O) groups excluding carboxylic acids is 1. The van der Waals surface area contributed by atoms with Gasteiger partial charge in [0.2, 0.25) is 0 Å². The Kier molecular flexibility index (Phi) is 6.47. The van der Waals surface area contributed by atoms with Crippen molar-refractivity contribution in [1.82, 2.24) is 14.5 Å². The highest BCUT2D eigenvalue weighted by Gasteiger charge is 2.28. The lowest BCUT2D eigenvalue weighted by atomic mass is 9.88. The summed E-state index contributed by atoms with van der Waals surface area (Å²) in [5.41, 5.74) is 0.147. The van der Waals surface area contributed by atoms with Gasteiger partial charge in [-0.3, -0.25) is 9.59 Å². The zero-order valence-electron chi connectivity index (χ0n) is 16.8. The maximum Gasteiger partial charge on any atom is 0.306 e. The number of pyridine rings is 1. The highest BCUT2D eigenvalue weighted by atomic mass is 19.2. The molecular formula is C21H20F3N3O4. The van der Waals surface area contributed by atoms with Crippen LogP contribution in [0.5, 0.6) is 5.75 Å². The predicted octanol–water partition coefficient (Wildman–Crippen LogP) is 2.94. The fourth-order valence-electron chi connectivity index (χ4n) is 3.44. The largest absolute Gasteiger partial charge is 0.507 e. The molecule has 164 valence electrons. The zero-order chi connectivity index (χ0) is 22.7. The number of H-pyrrole nitrogens is 1. The van der Waals surface area contributed by atoms with Crippen molar-refractivity contribution < 1.29 is 27.8 Å². The molecule has 2 aromatic heterocycles. The van der Waals surface area contributed by atoms with E-state index in [0.717, 1.165) is 12.8 Å². The van der Waals surface area contributed by atoms with E-state index in [2.05, 4.69) is 14.7 Å². The number of benzene rings is 1. The van der Waals surface area contributed by atoms with Gasteiger partial charge >= 0.3 is 5.97 Å². The molecule has 3 aromatic rings. The molecule has 2 N–H and O–H groups in total. The Hall–Kier alpha value is -3.56. The van der Waals surface area contributed by atoms with Crippen molar-refractivity contribution in [2.45, 2.75) is 32.2 Å². The molecule has 1 unspecified atom stereocenters. The number of aromatic nitrogens is 3. The van der Waals surface area contributed by atoms with Gasteiger partial charge in [-0.15, -0.1) is 0 Å². The molecule has 0 spiro atoms. The van der Waals surface area contributed by atoms with Gasteiger partial charge < -0.3 is 19.4 Å². The number of esters is 1. The molecule has 0 aliphatic carbocycles. The molecule has 0 fully saturated rings. The van der Waals surface area contributed by atoms with Crippen LogP contribution < -0.4 is 5.56 Å². The van der Waals surface area contributed by atoms with Gasteiger partial charge in [0.05, 0.1) is 25.4 Å². The zero-order valence-corrected chi connectivity index (χ0v) is 16.8. The second kappa shape index (κ2) is 9.07. The summed E-state index contributed by atoms with van der Waals surface area (Å²) < 4.78 is 47.2. The first kappa shape index (κ1) is 22.1. The summed E-state index contributed by atoms with van der Waals surface area (Å²) in [4.78, 5) is 32.1. The minimum Gasteiger partial charge on any atom is -0.507 e. The van der Waals surface area contributed by atoms with Crippen LogP contribution in [0.25, 0.3) is 0 Å². The second-order valence-electron chi connectivity index (χ2n) is 7.00. The maximum absolute atomic E-state index is 13.9. The summed E-state index contributed by atoms with van der Waals surface area (Å²) in [5.74, 6) is -7.11. The third-order valence-electron chi connectivity index (χ3n) is 5.04. The van der Waals surface area contributed by atoms with E-state index in [-0.39, 0.29) is 17.7 Å².